The van der Waals surface area contributed by atoms with E-state index in [2.05, 4.69) is 11.7 Å². The molecule has 0 aliphatic heterocycles. The van der Waals surface area contributed by atoms with Crippen molar-refractivity contribution >= 4 is 29.2 Å². The molecule has 4 heteroatoms. The summed E-state index contributed by atoms with van der Waals surface area (Å²) in [7, 11) is 1.31. The van der Waals surface area contributed by atoms with Gasteiger partial charge in [-0.1, -0.05) is 87.9 Å². The van der Waals surface area contributed by atoms with Crippen molar-refractivity contribution in [3.05, 3.63) is 0 Å². The van der Waals surface area contributed by atoms with Crippen molar-refractivity contribution in [1.82, 2.24) is 0 Å². The summed E-state index contributed by atoms with van der Waals surface area (Å²) in [6, 6.07) is 0. The Morgan fingerprint density at radius 2 is 1.32 bits per heavy atom. The van der Waals surface area contributed by atoms with Crippen LogP contribution >= 0.6 is 23.2 Å². The van der Waals surface area contributed by atoms with Crippen molar-refractivity contribution in [1.29, 1.82) is 0 Å². The molecule has 0 heterocycles. The lowest BCUT2D eigenvalue weighted by Crippen LogP contribution is -2.27. The number of carbonyl (C=O) groups is 1. The van der Waals surface area contributed by atoms with Crippen LogP contribution in [0.25, 0.3) is 0 Å². The Bertz CT molecular complexity index is 230. The number of halogens is 2. The van der Waals surface area contributed by atoms with Crippen molar-refractivity contribution in [2.24, 2.45) is 0 Å². The minimum atomic E-state index is -1.37. The van der Waals surface area contributed by atoms with E-state index in [1.807, 2.05) is 0 Å². The normalized spacial score (nSPS) is 11.6. The van der Waals surface area contributed by atoms with Gasteiger partial charge in [-0.15, -0.1) is 0 Å². The van der Waals surface area contributed by atoms with Crippen LogP contribution in [0.2, 0.25) is 0 Å². The summed E-state index contributed by atoms with van der Waals surface area (Å²) >= 11 is 11.8. The van der Waals surface area contributed by atoms with Crippen LogP contribution in [0.3, 0.4) is 0 Å². The number of carbonyl (C=O) groups excluding carboxylic acids is 1. The number of unbranched alkanes of at least 4 members (excludes halogenated alkanes) is 9. The maximum absolute atomic E-state index is 11.2. The molecule has 0 saturated heterocycles. The van der Waals surface area contributed by atoms with E-state index in [1.165, 1.54) is 58.5 Å². The smallest absolute Gasteiger partial charge is 0.342 e. The van der Waals surface area contributed by atoms with Crippen molar-refractivity contribution in [3.63, 3.8) is 0 Å². The lowest BCUT2D eigenvalue weighted by Gasteiger charge is -2.15. The molecule has 0 saturated carbocycles. The van der Waals surface area contributed by atoms with Crippen LogP contribution in [-0.2, 0) is 9.53 Å². The molecule has 0 atom stereocenters. The summed E-state index contributed by atoms with van der Waals surface area (Å²) in [5.41, 5.74) is 0. The number of hydrogen-bond donors (Lipinski definition) is 0. The molecule has 0 aromatic carbocycles. The molecule has 0 fully saturated rings. The maximum Gasteiger partial charge on any atom is 0.342 e. The number of rotatable bonds is 12. The second-order valence-corrected chi connectivity index (χ2v) is 6.61. The predicted molar refractivity (Wildman–Crippen MR) is 82.9 cm³/mol. The first-order valence-corrected chi connectivity index (χ1v) is 8.26. The van der Waals surface area contributed by atoms with Gasteiger partial charge in [0.25, 0.3) is 0 Å². The molecule has 0 aromatic rings. The first-order chi connectivity index (χ1) is 9.04. The van der Waals surface area contributed by atoms with Crippen molar-refractivity contribution in [3.8, 4) is 0 Å². The van der Waals surface area contributed by atoms with Crippen LogP contribution in [0.5, 0.6) is 0 Å². The molecule has 0 N–H and O–H groups in total. The lowest BCUT2D eigenvalue weighted by atomic mass is 10.1. The average molecular weight is 311 g/mol. The molecule has 0 amide bonds. The Labute approximate surface area is 128 Å². The second-order valence-electron chi connectivity index (χ2n) is 5.13. The van der Waals surface area contributed by atoms with Gasteiger partial charge in [0.1, 0.15) is 0 Å². The molecule has 0 aliphatic rings. The Hall–Kier alpha value is 0.0500. The minimum absolute atomic E-state index is 0.472. The number of alkyl halides is 2. The summed E-state index contributed by atoms with van der Waals surface area (Å²) in [6.45, 7) is 2.24. The molecule has 0 aliphatic carbocycles. The van der Waals surface area contributed by atoms with Gasteiger partial charge in [0.15, 0.2) is 0 Å². The largest absolute Gasteiger partial charge is 0.467 e. The second kappa shape index (κ2) is 11.8. The van der Waals surface area contributed by atoms with Gasteiger partial charge in [-0.3, -0.25) is 0 Å². The van der Waals surface area contributed by atoms with E-state index in [4.69, 9.17) is 23.2 Å². The first kappa shape index (κ1) is 19.1. The van der Waals surface area contributed by atoms with Gasteiger partial charge in [-0.2, -0.15) is 0 Å². The molecule has 0 rings (SSSR count). The number of methoxy groups -OCH3 is 1. The Kier molecular flexibility index (Phi) is 11.9. The molecular weight excluding hydrogens is 283 g/mol. The third-order valence-corrected chi connectivity index (χ3v) is 4.01. The summed E-state index contributed by atoms with van der Waals surface area (Å²) in [4.78, 5) is 11.2. The predicted octanol–water partition coefficient (Wildman–Crippen LogP) is 5.64. The molecule has 0 radical (unpaired) electrons. The van der Waals surface area contributed by atoms with E-state index in [1.54, 1.807) is 0 Å². The van der Waals surface area contributed by atoms with Gasteiger partial charge in [0.2, 0.25) is 4.33 Å². The first-order valence-electron chi connectivity index (χ1n) is 7.51. The summed E-state index contributed by atoms with van der Waals surface area (Å²) in [6.07, 6.45) is 12.9. The zero-order valence-corrected chi connectivity index (χ0v) is 13.9. The molecule has 19 heavy (non-hydrogen) atoms. The summed E-state index contributed by atoms with van der Waals surface area (Å²) < 4.78 is 3.19. The zero-order valence-electron chi connectivity index (χ0n) is 12.4. The molecule has 0 spiro atoms. The van der Waals surface area contributed by atoms with Gasteiger partial charge < -0.3 is 4.74 Å². The quantitative estimate of drug-likeness (QED) is 0.265. The maximum atomic E-state index is 11.2. The van der Waals surface area contributed by atoms with Crippen LogP contribution in [0.4, 0.5) is 0 Å². The van der Waals surface area contributed by atoms with Crippen LogP contribution in [0.1, 0.15) is 77.6 Å². The van der Waals surface area contributed by atoms with E-state index >= 15 is 0 Å². The standard InChI is InChI=1S/C15H28Cl2O2/c1-3-4-5-6-7-8-9-10-11-12-13-15(16,17)14(18)19-2/h3-13H2,1-2H3. The van der Waals surface area contributed by atoms with Crippen molar-refractivity contribution < 1.29 is 9.53 Å². The Morgan fingerprint density at radius 1 is 0.895 bits per heavy atom. The Balaban J connectivity index is 3.33. The average Bonchev–Trinajstić information content (AvgIpc) is 2.39. The number of esters is 1. The molecule has 2 nitrogen and oxygen atoms in total. The third-order valence-electron chi connectivity index (χ3n) is 3.33. The van der Waals surface area contributed by atoms with Gasteiger partial charge >= 0.3 is 5.97 Å². The highest BCUT2D eigenvalue weighted by molar-refractivity contribution is 6.57. The fourth-order valence-corrected chi connectivity index (χ4v) is 2.51. The van der Waals surface area contributed by atoms with Gasteiger partial charge in [0, 0.05) is 0 Å². The fourth-order valence-electron chi connectivity index (χ4n) is 2.09. The van der Waals surface area contributed by atoms with E-state index in [0.717, 1.165) is 12.8 Å². The van der Waals surface area contributed by atoms with Crippen LogP contribution in [0, 0.1) is 0 Å². The molecule has 0 aromatic heterocycles. The van der Waals surface area contributed by atoms with E-state index in [0.29, 0.717) is 6.42 Å². The summed E-state index contributed by atoms with van der Waals surface area (Å²) in [5.74, 6) is -0.549. The molecule has 0 unspecified atom stereocenters. The van der Waals surface area contributed by atoms with Crippen LogP contribution < -0.4 is 0 Å². The lowest BCUT2D eigenvalue weighted by molar-refractivity contribution is -0.141. The molecule has 0 bridgehead atoms. The van der Waals surface area contributed by atoms with Gasteiger partial charge in [-0.25, -0.2) is 4.79 Å². The number of hydrogen-bond acceptors (Lipinski definition) is 2. The van der Waals surface area contributed by atoms with Crippen LogP contribution in [0.15, 0.2) is 0 Å². The SMILES string of the molecule is CCCCCCCCCCCCC(Cl)(Cl)C(=O)OC. The highest BCUT2D eigenvalue weighted by Crippen LogP contribution is 2.29. The van der Waals surface area contributed by atoms with E-state index in [-0.39, 0.29) is 0 Å². The Morgan fingerprint density at radius 3 is 1.74 bits per heavy atom. The molecule has 114 valence electrons. The third kappa shape index (κ3) is 10.5. The monoisotopic (exact) mass is 310 g/mol. The minimum Gasteiger partial charge on any atom is -0.467 e. The van der Waals surface area contributed by atoms with Crippen molar-refractivity contribution in [2.45, 2.75) is 81.9 Å². The zero-order chi connectivity index (χ0) is 14.6. The van der Waals surface area contributed by atoms with Crippen LogP contribution in [-0.4, -0.2) is 17.4 Å². The summed E-state index contributed by atoms with van der Waals surface area (Å²) in [5, 5.41) is 0. The van der Waals surface area contributed by atoms with Crippen molar-refractivity contribution in [2.75, 3.05) is 7.11 Å². The highest BCUT2D eigenvalue weighted by atomic mass is 35.5. The van der Waals surface area contributed by atoms with Gasteiger partial charge in [-0.05, 0) is 12.8 Å². The molecular formula is C15H28Cl2O2. The van der Waals surface area contributed by atoms with E-state index < -0.39 is 10.3 Å². The van der Waals surface area contributed by atoms with E-state index in [9.17, 15) is 4.79 Å². The van der Waals surface area contributed by atoms with Gasteiger partial charge in [0.05, 0.1) is 7.11 Å². The fraction of sp³-hybridized carbons (Fsp3) is 0.933. The topological polar surface area (TPSA) is 26.3 Å². The highest BCUT2D eigenvalue weighted by Gasteiger charge is 2.33. The number of ether oxygens (including phenoxy) is 1.